The molecule has 0 aromatic carbocycles. The maximum absolute atomic E-state index is 11.7. The molecule has 0 rings (SSSR count). The number of nitrogens with one attached hydrogen (secondary N) is 1. The lowest BCUT2D eigenvalue weighted by Gasteiger charge is -2.06. The molecule has 6 heteroatoms. The second-order valence-corrected chi connectivity index (χ2v) is 5.10. The molecule has 1 N–H and O–H groups in total. The minimum Gasteiger partial charge on any atom is -0.316 e. The fourth-order valence-corrected chi connectivity index (χ4v) is 1.94. The van der Waals surface area contributed by atoms with Gasteiger partial charge in [-0.15, -0.1) is 0 Å². The maximum atomic E-state index is 11.7. The highest BCUT2D eigenvalue weighted by Crippen LogP contribution is 2.29. The van der Waals surface area contributed by atoms with E-state index in [0.717, 1.165) is 24.7 Å². The minimum atomic E-state index is -4.09. The molecule has 0 aliphatic carbocycles. The zero-order valence-electron chi connectivity index (χ0n) is 8.58. The Bertz CT molecular complexity index is 144. The molecular weight excluding hydrogens is 291 g/mol. The zero-order chi connectivity index (χ0) is 11.6. The molecule has 0 spiro atoms. The van der Waals surface area contributed by atoms with Crippen LogP contribution in [0, 0.1) is 0 Å². The quantitative estimate of drug-likeness (QED) is 0.514. The molecule has 0 saturated heterocycles. The average Bonchev–Trinajstić information content (AvgIpc) is 2.14. The largest absolute Gasteiger partial charge is 0.441 e. The maximum Gasteiger partial charge on any atom is 0.441 e. The summed E-state index contributed by atoms with van der Waals surface area (Å²) in [7, 11) is 0. The van der Waals surface area contributed by atoms with Crippen molar-refractivity contribution in [3.63, 3.8) is 0 Å². The molecule has 0 fully saturated rings. The first-order valence-electron chi connectivity index (χ1n) is 5.03. The van der Waals surface area contributed by atoms with Gasteiger partial charge in [0, 0.05) is 17.6 Å². The molecule has 15 heavy (non-hydrogen) atoms. The molecular formula is C9H17BrF3NS. The van der Waals surface area contributed by atoms with E-state index in [1.165, 1.54) is 12.8 Å². The van der Waals surface area contributed by atoms with Gasteiger partial charge in [-0.25, -0.2) is 0 Å². The summed E-state index contributed by atoms with van der Waals surface area (Å²) in [5.74, 6) is 0.102. The molecule has 0 atom stereocenters. The highest BCUT2D eigenvalue weighted by molar-refractivity contribution is 9.09. The van der Waals surface area contributed by atoms with Crippen molar-refractivity contribution in [2.75, 3.05) is 24.2 Å². The number of rotatable bonds is 9. The third-order valence-corrected chi connectivity index (χ3v) is 3.08. The van der Waals surface area contributed by atoms with Crippen molar-refractivity contribution < 1.29 is 13.2 Å². The highest BCUT2D eigenvalue weighted by atomic mass is 79.9. The van der Waals surface area contributed by atoms with Gasteiger partial charge in [0.25, 0.3) is 0 Å². The molecule has 0 aromatic rings. The van der Waals surface area contributed by atoms with Crippen LogP contribution >= 0.6 is 27.7 Å². The van der Waals surface area contributed by atoms with Crippen LogP contribution in [0.25, 0.3) is 0 Å². The summed E-state index contributed by atoms with van der Waals surface area (Å²) in [4.78, 5) is 0. The van der Waals surface area contributed by atoms with Gasteiger partial charge < -0.3 is 5.32 Å². The van der Waals surface area contributed by atoms with Gasteiger partial charge in [0.05, 0.1) is 0 Å². The Kier molecular flexibility index (Phi) is 10.2. The van der Waals surface area contributed by atoms with Gasteiger partial charge in [-0.2, -0.15) is 13.2 Å². The van der Waals surface area contributed by atoms with Crippen LogP contribution in [0.5, 0.6) is 0 Å². The molecule has 0 radical (unpaired) electrons. The molecule has 0 heterocycles. The van der Waals surface area contributed by atoms with E-state index in [1.54, 1.807) is 0 Å². The Labute approximate surface area is 102 Å². The number of alkyl halides is 4. The van der Waals surface area contributed by atoms with Crippen LogP contribution < -0.4 is 5.32 Å². The summed E-state index contributed by atoms with van der Waals surface area (Å²) >= 11 is 3.38. The second-order valence-electron chi connectivity index (χ2n) is 3.15. The molecule has 0 unspecified atom stereocenters. The predicted molar refractivity (Wildman–Crippen MR) is 63.6 cm³/mol. The first-order chi connectivity index (χ1) is 7.06. The fraction of sp³-hybridized carbons (Fsp3) is 1.00. The lowest BCUT2D eigenvalue weighted by molar-refractivity contribution is -0.0327. The number of halogens is 4. The first-order valence-corrected chi connectivity index (χ1v) is 7.14. The van der Waals surface area contributed by atoms with Crippen LogP contribution in [0.15, 0.2) is 0 Å². The summed E-state index contributed by atoms with van der Waals surface area (Å²) in [5.41, 5.74) is -4.09. The second kappa shape index (κ2) is 9.78. The Morgan fingerprint density at radius 1 is 1.00 bits per heavy atom. The fourth-order valence-electron chi connectivity index (χ4n) is 1.06. The van der Waals surface area contributed by atoms with E-state index in [4.69, 9.17) is 0 Å². The zero-order valence-corrected chi connectivity index (χ0v) is 11.0. The van der Waals surface area contributed by atoms with Crippen molar-refractivity contribution in [3.8, 4) is 0 Å². The topological polar surface area (TPSA) is 12.0 Å². The third-order valence-electron chi connectivity index (χ3n) is 1.78. The van der Waals surface area contributed by atoms with Crippen molar-refractivity contribution in [2.45, 2.75) is 31.2 Å². The summed E-state index contributed by atoms with van der Waals surface area (Å²) in [5, 5.41) is 4.03. The Morgan fingerprint density at radius 3 is 2.27 bits per heavy atom. The van der Waals surface area contributed by atoms with E-state index in [0.29, 0.717) is 6.54 Å². The highest BCUT2D eigenvalue weighted by Gasteiger charge is 2.27. The Morgan fingerprint density at radius 2 is 1.67 bits per heavy atom. The predicted octanol–water partition coefficient (Wildman–Crippen LogP) is 3.78. The summed E-state index contributed by atoms with van der Waals surface area (Å²) in [6, 6.07) is 0. The van der Waals surface area contributed by atoms with E-state index in [-0.39, 0.29) is 17.5 Å². The lowest BCUT2D eigenvalue weighted by Crippen LogP contribution is -2.19. The van der Waals surface area contributed by atoms with E-state index in [2.05, 4.69) is 21.2 Å². The molecule has 92 valence electrons. The minimum absolute atomic E-state index is 0.0368. The SMILES string of the molecule is FC(F)(F)SCCNCCCCCCBr. The normalized spacial score (nSPS) is 12.0. The van der Waals surface area contributed by atoms with Crippen molar-refractivity contribution in [2.24, 2.45) is 0 Å². The van der Waals surface area contributed by atoms with E-state index in [1.807, 2.05) is 0 Å². The van der Waals surface area contributed by atoms with Gasteiger partial charge in [0.15, 0.2) is 0 Å². The van der Waals surface area contributed by atoms with E-state index < -0.39 is 5.51 Å². The van der Waals surface area contributed by atoms with E-state index in [9.17, 15) is 13.2 Å². The third kappa shape index (κ3) is 14.6. The van der Waals surface area contributed by atoms with Crippen molar-refractivity contribution in [1.82, 2.24) is 5.32 Å². The summed E-state index contributed by atoms with van der Waals surface area (Å²) in [6.07, 6.45) is 4.54. The van der Waals surface area contributed by atoms with Gasteiger partial charge in [-0.1, -0.05) is 28.8 Å². The van der Waals surface area contributed by atoms with Crippen LogP contribution in [-0.2, 0) is 0 Å². The van der Waals surface area contributed by atoms with Crippen LogP contribution in [-0.4, -0.2) is 29.7 Å². The number of hydrogen-bond donors (Lipinski definition) is 1. The van der Waals surface area contributed by atoms with Crippen molar-refractivity contribution >= 4 is 27.7 Å². The van der Waals surface area contributed by atoms with Gasteiger partial charge in [-0.3, -0.25) is 0 Å². The smallest absolute Gasteiger partial charge is 0.316 e. The molecule has 0 bridgehead atoms. The van der Waals surface area contributed by atoms with E-state index >= 15 is 0 Å². The van der Waals surface area contributed by atoms with Crippen LogP contribution in [0.1, 0.15) is 25.7 Å². The number of hydrogen-bond acceptors (Lipinski definition) is 2. The van der Waals surface area contributed by atoms with Crippen molar-refractivity contribution in [1.29, 1.82) is 0 Å². The summed E-state index contributed by atoms with van der Waals surface area (Å²) < 4.78 is 35.1. The Balaban J connectivity index is 2.99. The molecule has 0 saturated carbocycles. The van der Waals surface area contributed by atoms with Crippen LogP contribution in [0.4, 0.5) is 13.2 Å². The first kappa shape index (κ1) is 15.6. The Hall–Kier alpha value is 0.580. The molecule has 0 aromatic heterocycles. The molecule has 0 aliphatic rings. The summed E-state index contributed by atoms with van der Waals surface area (Å²) in [6.45, 7) is 1.25. The lowest BCUT2D eigenvalue weighted by atomic mass is 10.2. The van der Waals surface area contributed by atoms with Gasteiger partial charge in [0.2, 0.25) is 0 Å². The average molecular weight is 308 g/mol. The van der Waals surface area contributed by atoms with Gasteiger partial charge in [-0.05, 0) is 31.1 Å². The van der Waals surface area contributed by atoms with Gasteiger partial charge in [0.1, 0.15) is 0 Å². The molecule has 1 nitrogen and oxygen atoms in total. The molecule has 0 aliphatic heterocycles. The molecule has 0 amide bonds. The monoisotopic (exact) mass is 307 g/mol. The number of unbranched alkanes of at least 4 members (excludes halogenated alkanes) is 3. The van der Waals surface area contributed by atoms with Crippen LogP contribution in [0.3, 0.4) is 0 Å². The van der Waals surface area contributed by atoms with Crippen LogP contribution in [0.2, 0.25) is 0 Å². The standard InChI is InChI=1S/C9H17BrF3NS/c10-5-3-1-2-4-6-14-7-8-15-9(11,12)13/h14H,1-8H2. The number of thioether (sulfide) groups is 1. The van der Waals surface area contributed by atoms with Gasteiger partial charge >= 0.3 is 5.51 Å². The van der Waals surface area contributed by atoms with Crippen molar-refractivity contribution in [3.05, 3.63) is 0 Å².